The lowest BCUT2D eigenvalue weighted by molar-refractivity contribution is 0.184. The second-order valence-corrected chi connectivity index (χ2v) is 6.51. The fourth-order valence-electron chi connectivity index (χ4n) is 3.09. The second kappa shape index (κ2) is 8.22. The van der Waals surface area contributed by atoms with E-state index >= 15 is 0 Å². The van der Waals surface area contributed by atoms with Crippen LogP contribution in [0.5, 0.6) is 5.88 Å². The number of methoxy groups -OCH3 is 1. The molecule has 3 aromatic rings. The molecule has 1 atom stereocenters. The highest BCUT2D eigenvalue weighted by Crippen LogP contribution is 2.29. The summed E-state index contributed by atoms with van der Waals surface area (Å²) < 4.78 is 19.5. The van der Waals surface area contributed by atoms with Gasteiger partial charge in [0.25, 0.3) is 0 Å². The Morgan fingerprint density at radius 1 is 1.33 bits per heavy atom. The fourth-order valence-corrected chi connectivity index (χ4v) is 3.09. The maximum Gasteiger partial charge on any atom is 0.198 e. The fraction of sp³-hybridized carbons (Fsp3) is 0.286. The molecule has 1 aromatic heterocycles. The van der Waals surface area contributed by atoms with Crippen LogP contribution in [0.3, 0.4) is 0 Å². The van der Waals surface area contributed by atoms with E-state index in [0.717, 1.165) is 22.9 Å². The molecule has 1 unspecified atom stereocenters. The monoisotopic (exact) mass is 369 g/mol. The van der Waals surface area contributed by atoms with Gasteiger partial charge >= 0.3 is 0 Å². The predicted molar refractivity (Wildman–Crippen MR) is 108 cm³/mol. The molecule has 27 heavy (non-hydrogen) atoms. The summed E-state index contributed by atoms with van der Waals surface area (Å²) in [7, 11) is 1.63. The van der Waals surface area contributed by atoms with E-state index in [1.54, 1.807) is 25.5 Å². The van der Waals surface area contributed by atoms with Crippen molar-refractivity contribution in [1.29, 1.82) is 0 Å². The third-order valence-corrected chi connectivity index (χ3v) is 4.57. The molecule has 3 N–H and O–H groups in total. The molecule has 0 amide bonds. The molecule has 0 bridgehead atoms. The lowest BCUT2D eigenvalue weighted by Gasteiger charge is -2.17. The lowest BCUT2D eigenvalue weighted by Crippen LogP contribution is -2.24. The summed E-state index contributed by atoms with van der Waals surface area (Å²) in [5.41, 5.74) is 3.35. The smallest absolute Gasteiger partial charge is 0.198 e. The van der Waals surface area contributed by atoms with Crippen molar-refractivity contribution in [3.8, 4) is 5.88 Å². The molecule has 0 saturated carbocycles. The standard InChI is InChI=1S/C21H24FN3O2/c1-4-14(12-27-3)24-18-9-8-15(10-17(18)22)23-11-16-20-13(2)6-5-7-19(20)25-21(16)26/h5-11,14,24-26H,4,12H2,1-3H3. The van der Waals surface area contributed by atoms with Gasteiger partial charge in [0.2, 0.25) is 0 Å². The summed E-state index contributed by atoms with van der Waals surface area (Å²) in [5, 5.41) is 14.2. The van der Waals surface area contributed by atoms with Crippen LogP contribution in [0.15, 0.2) is 41.4 Å². The van der Waals surface area contributed by atoms with E-state index in [4.69, 9.17) is 4.74 Å². The number of hydrogen-bond donors (Lipinski definition) is 3. The Balaban J connectivity index is 1.85. The number of halogens is 1. The minimum Gasteiger partial charge on any atom is -0.494 e. The topological polar surface area (TPSA) is 69.6 Å². The van der Waals surface area contributed by atoms with E-state index < -0.39 is 0 Å². The molecule has 5 nitrogen and oxygen atoms in total. The van der Waals surface area contributed by atoms with Gasteiger partial charge in [-0.25, -0.2) is 4.39 Å². The number of rotatable bonds is 7. The largest absolute Gasteiger partial charge is 0.494 e. The Hall–Kier alpha value is -2.86. The molecular formula is C21H24FN3O2. The molecule has 0 spiro atoms. The number of anilines is 1. The van der Waals surface area contributed by atoms with Crippen molar-refractivity contribution in [2.45, 2.75) is 26.3 Å². The number of aromatic amines is 1. The van der Waals surface area contributed by atoms with Crippen molar-refractivity contribution in [1.82, 2.24) is 4.98 Å². The van der Waals surface area contributed by atoms with Crippen LogP contribution in [0.1, 0.15) is 24.5 Å². The number of aromatic nitrogens is 1. The Morgan fingerprint density at radius 2 is 2.15 bits per heavy atom. The molecule has 1 heterocycles. The quantitative estimate of drug-likeness (QED) is 0.518. The molecule has 0 aliphatic rings. The first-order valence-corrected chi connectivity index (χ1v) is 8.92. The van der Waals surface area contributed by atoms with E-state index in [1.807, 2.05) is 32.0 Å². The molecule has 0 aliphatic heterocycles. The molecular weight excluding hydrogens is 345 g/mol. The molecule has 0 radical (unpaired) electrons. The Bertz CT molecular complexity index is 965. The van der Waals surface area contributed by atoms with Gasteiger partial charge < -0.3 is 20.1 Å². The number of hydrogen-bond acceptors (Lipinski definition) is 4. The van der Waals surface area contributed by atoms with Crippen molar-refractivity contribution in [3.05, 3.63) is 53.3 Å². The zero-order valence-electron chi connectivity index (χ0n) is 15.7. The summed E-state index contributed by atoms with van der Waals surface area (Å²) in [6.45, 7) is 4.50. The summed E-state index contributed by atoms with van der Waals surface area (Å²) in [6.07, 6.45) is 2.38. The second-order valence-electron chi connectivity index (χ2n) is 6.51. The highest BCUT2D eigenvalue weighted by molar-refractivity contribution is 6.04. The number of H-pyrrole nitrogens is 1. The molecule has 2 aromatic carbocycles. The van der Waals surface area contributed by atoms with E-state index in [0.29, 0.717) is 23.5 Å². The average Bonchev–Trinajstić information content (AvgIpc) is 2.97. The average molecular weight is 369 g/mol. The van der Waals surface area contributed by atoms with Crippen molar-refractivity contribution in [2.75, 3.05) is 19.0 Å². The highest BCUT2D eigenvalue weighted by atomic mass is 19.1. The first kappa shape index (κ1) is 18.9. The van der Waals surface area contributed by atoms with Gasteiger partial charge in [0.05, 0.1) is 23.5 Å². The highest BCUT2D eigenvalue weighted by Gasteiger charge is 2.12. The predicted octanol–water partition coefficient (Wildman–Crippen LogP) is 4.91. The van der Waals surface area contributed by atoms with Crippen molar-refractivity contribution < 1.29 is 14.2 Å². The number of ether oxygens (including phenoxy) is 1. The van der Waals surface area contributed by atoms with Gasteiger partial charge in [0, 0.05) is 36.3 Å². The van der Waals surface area contributed by atoms with E-state index in [1.165, 1.54) is 6.07 Å². The van der Waals surface area contributed by atoms with Crippen molar-refractivity contribution >= 4 is 28.5 Å². The maximum absolute atomic E-state index is 14.4. The molecule has 0 fully saturated rings. The number of nitrogens with one attached hydrogen (secondary N) is 2. The van der Waals surface area contributed by atoms with Crippen LogP contribution in [-0.4, -0.2) is 36.1 Å². The Morgan fingerprint density at radius 3 is 2.85 bits per heavy atom. The van der Waals surface area contributed by atoms with Crippen LogP contribution in [0, 0.1) is 12.7 Å². The number of aliphatic imine (C=N–C) groups is 1. The van der Waals surface area contributed by atoms with Crippen molar-refractivity contribution in [3.63, 3.8) is 0 Å². The number of fused-ring (bicyclic) bond motifs is 1. The summed E-state index contributed by atoms with van der Waals surface area (Å²) >= 11 is 0. The minimum absolute atomic E-state index is 0.0463. The molecule has 0 aliphatic carbocycles. The van der Waals surface area contributed by atoms with Crippen LogP contribution >= 0.6 is 0 Å². The normalized spacial score (nSPS) is 12.7. The zero-order valence-corrected chi connectivity index (χ0v) is 15.7. The summed E-state index contributed by atoms with van der Waals surface area (Å²) in [5.74, 6) is -0.328. The number of aromatic hydroxyl groups is 1. The molecule has 0 saturated heterocycles. The van der Waals surface area contributed by atoms with E-state index in [2.05, 4.69) is 15.3 Å². The van der Waals surface area contributed by atoms with Crippen LogP contribution in [-0.2, 0) is 4.74 Å². The van der Waals surface area contributed by atoms with Crippen LogP contribution in [0.2, 0.25) is 0 Å². The SMILES string of the molecule is CCC(COC)Nc1ccc(N=Cc2c(O)[nH]c3cccc(C)c23)cc1F. The van der Waals surface area contributed by atoms with Crippen LogP contribution in [0.25, 0.3) is 10.9 Å². The zero-order chi connectivity index (χ0) is 19.4. The molecule has 3 rings (SSSR count). The lowest BCUT2D eigenvalue weighted by atomic mass is 10.1. The van der Waals surface area contributed by atoms with Gasteiger partial charge in [-0.2, -0.15) is 0 Å². The van der Waals surface area contributed by atoms with Gasteiger partial charge in [0.1, 0.15) is 5.82 Å². The third-order valence-electron chi connectivity index (χ3n) is 4.57. The minimum atomic E-state index is -0.376. The first-order chi connectivity index (χ1) is 13.0. The van der Waals surface area contributed by atoms with E-state index in [-0.39, 0.29) is 17.7 Å². The van der Waals surface area contributed by atoms with E-state index in [9.17, 15) is 9.50 Å². The number of nitrogens with zero attached hydrogens (tertiary/aromatic N) is 1. The van der Waals surface area contributed by atoms with Gasteiger partial charge in [-0.3, -0.25) is 4.99 Å². The summed E-state index contributed by atoms with van der Waals surface area (Å²) in [4.78, 5) is 7.27. The third kappa shape index (κ3) is 4.11. The van der Waals surface area contributed by atoms with Gasteiger partial charge in [-0.1, -0.05) is 19.1 Å². The molecule has 142 valence electrons. The van der Waals surface area contributed by atoms with Gasteiger partial charge in [0.15, 0.2) is 5.88 Å². The van der Waals surface area contributed by atoms with Crippen LogP contribution in [0.4, 0.5) is 15.8 Å². The maximum atomic E-state index is 14.4. The first-order valence-electron chi connectivity index (χ1n) is 8.92. The Labute approximate surface area is 157 Å². The van der Waals surface area contributed by atoms with Crippen molar-refractivity contribution in [2.24, 2.45) is 4.99 Å². The summed E-state index contributed by atoms with van der Waals surface area (Å²) in [6, 6.07) is 10.6. The van der Waals surface area contributed by atoms with Crippen LogP contribution < -0.4 is 5.32 Å². The van der Waals surface area contributed by atoms with Gasteiger partial charge in [-0.15, -0.1) is 0 Å². The Kier molecular flexibility index (Phi) is 5.76. The van der Waals surface area contributed by atoms with Gasteiger partial charge in [-0.05, 0) is 37.1 Å². The molecule has 6 heteroatoms. The number of aryl methyl sites for hydroxylation is 1. The number of benzene rings is 2.